The van der Waals surface area contributed by atoms with Crippen LogP contribution in [0.4, 0.5) is 0 Å². The Kier molecular flexibility index (Phi) is 3.60. The molecule has 0 spiro atoms. The zero-order chi connectivity index (χ0) is 13.3. The second-order valence-electron chi connectivity index (χ2n) is 5.52. The van der Waals surface area contributed by atoms with E-state index in [-0.39, 0.29) is 11.8 Å². The Morgan fingerprint density at radius 2 is 2.16 bits per heavy atom. The molecule has 104 valence electrons. The van der Waals surface area contributed by atoms with Crippen LogP contribution in [0.15, 0.2) is 24.3 Å². The molecule has 2 atom stereocenters. The summed E-state index contributed by atoms with van der Waals surface area (Å²) in [6.07, 6.45) is 3.03. The van der Waals surface area contributed by atoms with E-state index in [2.05, 4.69) is 22.2 Å². The smallest absolute Gasteiger partial charge is 0.213 e. The molecule has 3 rings (SSSR count). The number of rotatable bonds is 5. The van der Waals surface area contributed by atoms with Gasteiger partial charge < -0.3 is 5.32 Å². The molecule has 0 amide bonds. The van der Waals surface area contributed by atoms with Gasteiger partial charge in [0.15, 0.2) is 0 Å². The van der Waals surface area contributed by atoms with Crippen molar-refractivity contribution < 1.29 is 8.42 Å². The monoisotopic (exact) mass is 280 g/mol. The minimum Gasteiger partial charge on any atom is -0.313 e. The minimum absolute atomic E-state index is 0.131. The van der Waals surface area contributed by atoms with E-state index in [1.54, 1.807) is 0 Å². The number of sulfonamides is 1. The van der Waals surface area contributed by atoms with Crippen molar-refractivity contribution >= 4 is 10.0 Å². The lowest BCUT2D eigenvalue weighted by Gasteiger charge is -2.30. The summed E-state index contributed by atoms with van der Waals surface area (Å²) in [4.78, 5) is 0. The summed E-state index contributed by atoms with van der Waals surface area (Å²) in [5, 5.41) is 3.22. The third-order valence-electron chi connectivity index (χ3n) is 4.09. The van der Waals surface area contributed by atoms with Gasteiger partial charge in [0.1, 0.15) is 0 Å². The number of fused-ring (bicyclic) bond motifs is 1. The first kappa shape index (κ1) is 13.1. The van der Waals surface area contributed by atoms with Crippen molar-refractivity contribution in [2.45, 2.75) is 31.2 Å². The largest absolute Gasteiger partial charge is 0.313 e. The Hall–Kier alpha value is -0.910. The molecular formula is C14H20N2O2S. The van der Waals surface area contributed by atoms with Crippen molar-refractivity contribution in [2.24, 2.45) is 0 Å². The second-order valence-corrected chi connectivity index (χ2v) is 7.37. The highest BCUT2D eigenvalue weighted by molar-refractivity contribution is 7.89. The van der Waals surface area contributed by atoms with E-state index in [9.17, 15) is 8.42 Å². The first-order chi connectivity index (χ1) is 9.14. The average molecular weight is 280 g/mol. The van der Waals surface area contributed by atoms with Crippen molar-refractivity contribution in [3.05, 3.63) is 35.4 Å². The lowest BCUT2D eigenvalue weighted by atomic mass is 9.78. The highest BCUT2D eigenvalue weighted by atomic mass is 32.2. The maximum Gasteiger partial charge on any atom is 0.213 e. The molecule has 0 bridgehead atoms. The van der Waals surface area contributed by atoms with Crippen molar-refractivity contribution in [2.75, 3.05) is 18.8 Å². The van der Waals surface area contributed by atoms with E-state index in [1.807, 2.05) is 12.1 Å². The normalized spacial score (nSPS) is 25.9. The Labute approximate surface area is 114 Å². The van der Waals surface area contributed by atoms with Gasteiger partial charge in [-0.05, 0) is 36.9 Å². The molecule has 2 unspecified atom stereocenters. The van der Waals surface area contributed by atoms with Crippen molar-refractivity contribution in [3.63, 3.8) is 0 Å². The first-order valence-electron chi connectivity index (χ1n) is 6.92. The lowest BCUT2D eigenvalue weighted by Crippen LogP contribution is -2.39. The SMILES string of the molecule is O=S(=O)(CC1CCCN1)NCC1Cc2ccccc21. The van der Waals surface area contributed by atoms with Crippen molar-refractivity contribution in [3.8, 4) is 0 Å². The predicted molar refractivity (Wildman–Crippen MR) is 75.7 cm³/mol. The van der Waals surface area contributed by atoms with Gasteiger partial charge in [0.25, 0.3) is 0 Å². The predicted octanol–water partition coefficient (Wildman–Crippen LogP) is 0.998. The molecule has 1 aliphatic heterocycles. The van der Waals surface area contributed by atoms with Crippen LogP contribution in [0.25, 0.3) is 0 Å². The molecule has 0 aromatic heterocycles. The fraction of sp³-hybridized carbons (Fsp3) is 0.571. The van der Waals surface area contributed by atoms with Crippen LogP contribution in [-0.4, -0.2) is 33.3 Å². The maximum absolute atomic E-state index is 12.0. The van der Waals surface area contributed by atoms with Gasteiger partial charge in [-0.2, -0.15) is 0 Å². The zero-order valence-electron chi connectivity index (χ0n) is 10.9. The summed E-state index contributed by atoms with van der Waals surface area (Å²) in [5.41, 5.74) is 2.65. The molecule has 0 saturated carbocycles. The molecule has 1 heterocycles. The van der Waals surface area contributed by atoms with Gasteiger partial charge in [-0.15, -0.1) is 0 Å². The Morgan fingerprint density at radius 1 is 1.32 bits per heavy atom. The van der Waals surface area contributed by atoms with Gasteiger partial charge in [-0.25, -0.2) is 13.1 Å². The summed E-state index contributed by atoms with van der Waals surface area (Å²) in [6, 6.07) is 8.39. The first-order valence-corrected chi connectivity index (χ1v) is 8.58. The summed E-state index contributed by atoms with van der Waals surface area (Å²) in [7, 11) is -3.15. The lowest BCUT2D eigenvalue weighted by molar-refractivity contribution is 0.541. The van der Waals surface area contributed by atoms with E-state index in [1.165, 1.54) is 11.1 Å². The topological polar surface area (TPSA) is 58.2 Å². The van der Waals surface area contributed by atoms with Crippen LogP contribution in [0.3, 0.4) is 0 Å². The zero-order valence-corrected chi connectivity index (χ0v) is 11.7. The Balaban J connectivity index is 1.52. The van der Waals surface area contributed by atoms with E-state index >= 15 is 0 Å². The van der Waals surface area contributed by atoms with E-state index < -0.39 is 10.0 Å². The highest BCUT2D eigenvalue weighted by Crippen LogP contribution is 2.34. The second kappa shape index (κ2) is 5.23. The fourth-order valence-electron chi connectivity index (χ4n) is 3.00. The molecule has 4 nitrogen and oxygen atoms in total. The maximum atomic E-state index is 12.0. The molecule has 1 fully saturated rings. The van der Waals surface area contributed by atoms with Crippen LogP contribution >= 0.6 is 0 Å². The summed E-state index contributed by atoms with van der Waals surface area (Å²) >= 11 is 0. The van der Waals surface area contributed by atoms with E-state index in [4.69, 9.17) is 0 Å². The third kappa shape index (κ3) is 2.99. The summed E-state index contributed by atoms with van der Waals surface area (Å²) in [5.74, 6) is 0.559. The Morgan fingerprint density at radius 3 is 2.89 bits per heavy atom. The van der Waals surface area contributed by atoms with E-state index in [0.29, 0.717) is 12.5 Å². The van der Waals surface area contributed by atoms with E-state index in [0.717, 1.165) is 25.8 Å². The quantitative estimate of drug-likeness (QED) is 0.846. The average Bonchev–Trinajstić information content (AvgIpc) is 2.82. The Bertz CT molecular complexity index is 550. The standard InChI is InChI=1S/C14H20N2O2S/c17-19(18,10-13-5-3-7-15-13)16-9-12-8-11-4-1-2-6-14(11)12/h1-2,4,6,12-13,15-16H,3,5,7-10H2. The van der Waals surface area contributed by atoms with Gasteiger partial charge in [0.2, 0.25) is 10.0 Å². The molecule has 2 aliphatic rings. The summed E-state index contributed by atoms with van der Waals surface area (Å²) < 4.78 is 26.7. The van der Waals surface area contributed by atoms with Crippen LogP contribution in [0.2, 0.25) is 0 Å². The molecule has 1 aromatic rings. The molecule has 2 N–H and O–H groups in total. The molecule has 5 heteroatoms. The van der Waals surface area contributed by atoms with Crippen molar-refractivity contribution in [1.82, 2.24) is 10.0 Å². The highest BCUT2D eigenvalue weighted by Gasteiger charge is 2.28. The minimum atomic E-state index is -3.15. The van der Waals surface area contributed by atoms with Gasteiger partial charge in [-0.3, -0.25) is 0 Å². The third-order valence-corrected chi connectivity index (χ3v) is 5.54. The van der Waals surface area contributed by atoms with Gasteiger partial charge in [0.05, 0.1) is 5.75 Å². The molecule has 0 radical (unpaired) electrons. The van der Waals surface area contributed by atoms with Gasteiger partial charge >= 0.3 is 0 Å². The van der Waals surface area contributed by atoms with Gasteiger partial charge in [-0.1, -0.05) is 24.3 Å². The van der Waals surface area contributed by atoms with Crippen LogP contribution in [0.5, 0.6) is 0 Å². The summed E-state index contributed by atoms with van der Waals surface area (Å²) in [6.45, 7) is 1.47. The van der Waals surface area contributed by atoms with Crippen LogP contribution in [-0.2, 0) is 16.4 Å². The number of hydrogen-bond acceptors (Lipinski definition) is 3. The number of nitrogens with one attached hydrogen (secondary N) is 2. The van der Waals surface area contributed by atoms with Crippen LogP contribution < -0.4 is 10.0 Å². The van der Waals surface area contributed by atoms with Crippen LogP contribution in [0.1, 0.15) is 29.9 Å². The molecule has 19 heavy (non-hydrogen) atoms. The van der Waals surface area contributed by atoms with Crippen LogP contribution in [0, 0.1) is 0 Å². The fourth-order valence-corrected chi connectivity index (χ4v) is 4.38. The van der Waals surface area contributed by atoms with Crippen molar-refractivity contribution in [1.29, 1.82) is 0 Å². The molecule has 1 aliphatic carbocycles. The molecular weight excluding hydrogens is 260 g/mol. The number of benzene rings is 1. The van der Waals surface area contributed by atoms with Gasteiger partial charge in [0, 0.05) is 18.5 Å². The molecule has 1 aromatic carbocycles. The number of hydrogen-bond donors (Lipinski definition) is 2. The molecule has 1 saturated heterocycles.